The third kappa shape index (κ3) is 3.12. The zero-order chi connectivity index (χ0) is 16.1. The van der Waals surface area contributed by atoms with Crippen molar-refractivity contribution >= 4 is 12.3 Å². The van der Waals surface area contributed by atoms with E-state index >= 15 is 0 Å². The van der Waals surface area contributed by atoms with Gasteiger partial charge < -0.3 is 14.8 Å². The molecule has 0 bridgehead atoms. The normalized spacial score (nSPS) is 19.0. The van der Waals surface area contributed by atoms with E-state index in [1.54, 1.807) is 4.90 Å². The first-order chi connectivity index (χ1) is 10.6. The molecule has 0 aliphatic carbocycles. The molecule has 1 unspecified atom stereocenters. The van der Waals surface area contributed by atoms with Gasteiger partial charge in [-0.2, -0.15) is 0 Å². The van der Waals surface area contributed by atoms with Gasteiger partial charge in [0.1, 0.15) is 18.1 Å². The van der Waals surface area contributed by atoms with Crippen molar-refractivity contribution in [3.63, 3.8) is 0 Å². The van der Waals surface area contributed by atoms with Gasteiger partial charge in [-0.05, 0) is 18.9 Å². The highest BCUT2D eigenvalue weighted by Crippen LogP contribution is 2.34. The molecule has 6 heteroatoms. The minimum atomic E-state index is -1.02. The summed E-state index contributed by atoms with van der Waals surface area (Å²) in [5.41, 5.74) is 1.16. The maximum atomic E-state index is 11.6. The zero-order valence-corrected chi connectivity index (χ0v) is 12.7. The summed E-state index contributed by atoms with van der Waals surface area (Å²) in [6.07, 6.45) is 2.80. The zero-order valence-electron chi connectivity index (χ0n) is 12.7. The first-order valence-corrected chi connectivity index (χ1v) is 7.14. The number of aldehydes is 1. The predicted molar refractivity (Wildman–Crippen MR) is 80.3 cm³/mol. The topological polar surface area (TPSA) is 70.1 Å². The van der Waals surface area contributed by atoms with Crippen molar-refractivity contribution in [1.29, 1.82) is 0 Å². The Kier molecular flexibility index (Phi) is 5.16. The van der Waals surface area contributed by atoms with Crippen molar-refractivity contribution in [2.75, 3.05) is 7.11 Å². The predicted octanol–water partition coefficient (Wildman–Crippen LogP) is 2.16. The number of benzene rings is 1. The number of rotatable bonds is 7. The molecule has 1 aliphatic rings. The Morgan fingerprint density at radius 3 is 2.64 bits per heavy atom. The average molecular weight is 304 g/mol. The van der Waals surface area contributed by atoms with E-state index in [9.17, 15) is 14.7 Å². The molecule has 0 aromatic heterocycles. The summed E-state index contributed by atoms with van der Waals surface area (Å²) in [6, 6.07) is 9.51. The molecular weight excluding hydrogens is 284 g/mol. The molecule has 0 spiro atoms. The van der Waals surface area contributed by atoms with E-state index in [0.29, 0.717) is 12.8 Å². The van der Waals surface area contributed by atoms with Crippen LogP contribution >= 0.6 is 0 Å². The van der Waals surface area contributed by atoms with Crippen LogP contribution in [0.4, 0.5) is 0 Å². The number of aliphatic carboxylic acids is 1. The molecule has 6 nitrogen and oxygen atoms in total. The first kappa shape index (κ1) is 16.0. The van der Waals surface area contributed by atoms with Crippen molar-refractivity contribution in [2.45, 2.75) is 32.0 Å². The van der Waals surface area contributed by atoms with E-state index in [0.717, 1.165) is 11.8 Å². The Balaban J connectivity index is 2.34. The van der Waals surface area contributed by atoms with Crippen LogP contribution in [0.2, 0.25) is 0 Å². The molecule has 1 aromatic carbocycles. The number of hydroxylamine groups is 2. The lowest BCUT2D eigenvalue weighted by Gasteiger charge is -2.36. The number of carboxylic acid groups (broad SMARTS) is 1. The van der Waals surface area contributed by atoms with E-state index in [1.807, 2.05) is 37.3 Å². The number of hydrogen-bond donors (Lipinski definition) is 1. The Labute approximate surface area is 129 Å². The Morgan fingerprint density at radius 2 is 2.09 bits per heavy atom. The van der Waals surface area contributed by atoms with E-state index in [-0.39, 0.29) is 17.9 Å². The van der Waals surface area contributed by atoms with Crippen molar-refractivity contribution in [3.05, 3.63) is 47.8 Å². The Bertz CT molecular complexity index is 559. The van der Waals surface area contributed by atoms with Crippen LogP contribution in [-0.4, -0.2) is 40.6 Å². The molecule has 118 valence electrons. The summed E-state index contributed by atoms with van der Waals surface area (Å²) >= 11 is 0. The number of carbonyl (C=O) groups is 2. The van der Waals surface area contributed by atoms with Crippen LogP contribution in [0.3, 0.4) is 0 Å². The molecule has 1 aromatic rings. The molecule has 0 radical (unpaired) electrons. The number of nitrogens with zero attached hydrogens (tertiary/aromatic N) is 2. The molecule has 0 saturated heterocycles. The molecule has 1 heterocycles. The van der Waals surface area contributed by atoms with Gasteiger partial charge in [0.15, 0.2) is 0 Å². The molecule has 1 N–H and O–H groups in total. The molecular formula is C16H20N2O4. The summed E-state index contributed by atoms with van der Waals surface area (Å²) in [4.78, 5) is 29.3. The number of hydrogen-bond acceptors (Lipinski definition) is 5. The van der Waals surface area contributed by atoms with Gasteiger partial charge in [-0.25, -0.2) is 9.86 Å². The van der Waals surface area contributed by atoms with Crippen LogP contribution in [0, 0.1) is 0 Å². The lowest BCUT2D eigenvalue weighted by atomic mass is 10.1. The first-order valence-electron chi connectivity index (χ1n) is 7.14. The second kappa shape index (κ2) is 7.09. The van der Waals surface area contributed by atoms with E-state index < -0.39 is 5.97 Å². The fraction of sp³-hybridized carbons (Fsp3) is 0.375. The van der Waals surface area contributed by atoms with Gasteiger partial charge in [-0.1, -0.05) is 30.3 Å². The summed E-state index contributed by atoms with van der Waals surface area (Å²) in [5, 5.41) is 11.0. The third-order valence-electron chi connectivity index (χ3n) is 3.81. The Hall–Kier alpha value is -2.34. The van der Waals surface area contributed by atoms with E-state index in [4.69, 9.17) is 4.84 Å². The van der Waals surface area contributed by atoms with Crippen molar-refractivity contribution in [3.8, 4) is 0 Å². The van der Waals surface area contributed by atoms with Gasteiger partial charge in [0.25, 0.3) is 0 Å². The standard InChI is InChI=1S/C16H20N2O4/c1-12(13-7-4-3-5-8-13)18-14(16(20)21)11-17(22-2)15(18)9-6-10-19/h3-5,7-8,10-12,15H,6,9H2,1-2H3,(H,20,21)/t12?,15-/m0/s1. The van der Waals surface area contributed by atoms with Gasteiger partial charge >= 0.3 is 5.97 Å². The summed E-state index contributed by atoms with van der Waals surface area (Å²) < 4.78 is 0. The lowest BCUT2D eigenvalue weighted by molar-refractivity contribution is -0.150. The van der Waals surface area contributed by atoms with Crippen LogP contribution in [-0.2, 0) is 14.4 Å². The van der Waals surface area contributed by atoms with Crippen molar-refractivity contribution < 1.29 is 19.5 Å². The van der Waals surface area contributed by atoms with Crippen LogP contribution in [0.15, 0.2) is 42.2 Å². The minimum Gasteiger partial charge on any atom is -0.477 e. The summed E-state index contributed by atoms with van der Waals surface area (Å²) in [5.74, 6) is -1.02. The summed E-state index contributed by atoms with van der Waals surface area (Å²) in [6.45, 7) is 1.94. The number of carbonyl (C=O) groups excluding carboxylic acids is 1. The molecule has 2 rings (SSSR count). The molecule has 1 aliphatic heterocycles. The second-order valence-corrected chi connectivity index (χ2v) is 5.08. The van der Waals surface area contributed by atoms with E-state index in [1.165, 1.54) is 18.4 Å². The van der Waals surface area contributed by atoms with Crippen LogP contribution in [0.25, 0.3) is 0 Å². The van der Waals surface area contributed by atoms with E-state index in [2.05, 4.69) is 0 Å². The van der Waals surface area contributed by atoms with Gasteiger partial charge in [-0.15, -0.1) is 0 Å². The Morgan fingerprint density at radius 1 is 1.41 bits per heavy atom. The summed E-state index contributed by atoms with van der Waals surface area (Å²) in [7, 11) is 1.49. The smallest absolute Gasteiger partial charge is 0.353 e. The van der Waals surface area contributed by atoms with Crippen molar-refractivity contribution in [2.24, 2.45) is 0 Å². The largest absolute Gasteiger partial charge is 0.477 e. The van der Waals surface area contributed by atoms with Crippen LogP contribution in [0.1, 0.15) is 31.4 Å². The minimum absolute atomic E-state index is 0.152. The molecule has 22 heavy (non-hydrogen) atoms. The maximum Gasteiger partial charge on any atom is 0.353 e. The maximum absolute atomic E-state index is 11.6. The highest BCUT2D eigenvalue weighted by atomic mass is 16.7. The molecule has 2 atom stereocenters. The van der Waals surface area contributed by atoms with Gasteiger partial charge in [-0.3, -0.25) is 4.84 Å². The molecule has 0 fully saturated rings. The quantitative estimate of drug-likeness (QED) is 0.778. The molecule has 0 saturated carbocycles. The molecule has 0 amide bonds. The fourth-order valence-electron chi connectivity index (χ4n) is 2.74. The highest BCUT2D eigenvalue weighted by molar-refractivity contribution is 5.86. The van der Waals surface area contributed by atoms with Crippen molar-refractivity contribution in [1.82, 2.24) is 9.96 Å². The van der Waals surface area contributed by atoms with Gasteiger partial charge in [0.05, 0.1) is 19.4 Å². The highest BCUT2D eigenvalue weighted by Gasteiger charge is 2.38. The van der Waals surface area contributed by atoms with Gasteiger partial charge in [0.2, 0.25) is 0 Å². The third-order valence-corrected chi connectivity index (χ3v) is 3.81. The lowest BCUT2D eigenvalue weighted by Crippen LogP contribution is -2.41. The second-order valence-electron chi connectivity index (χ2n) is 5.08. The SMILES string of the molecule is CON1C=C(C(=O)O)N(C(C)c2ccccc2)[C@H]1CCC=O. The fourth-order valence-corrected chi connectivity index (χ4v) is 2.74. The average Bonchev–Trinajstić information content (AvgIpc) is 2.91. The monoisotopic (exact) mass is 304 g/mol. The number of carboxylic acids is 1. The van der Waals surface area contributed by atoms with Gasteiger partial charge in [0, 0.05) is 6.42 Å². The van der Waals surface area contributed by atoms with Crippen LogP contribution in [0.5, 0.6) is 0 Å². The van der Waals surface area contributed by atoms with Crippen LogP contribution < -0.4 is 0 Å².